The Balaban J connectivity index is 1.64. The van der Waals surface area contributed by atoms with Gasteiger partial charge in [-0.3, -0.25) is 14.9 Å². The molecule has 0 atom stereocenters. The van der Waals surface area contributed by atoms with Crippen molar-refractivity contribution in [1.82, 2.24) is 0 Å². The second-order valence-corrected chi connectivity index (χ2v) is 7.74. The van der Waals surface area contributed by atoms with E-state index in [0.717, 1.165) is 11.1 Å². The molecule has 2 N–H and O–H groups in total. The van der Waals surface area contributed by atoms with Crippen LogP contribution in [-0.2, 0) is 4.79 Å². The summed E-state index contributed by atoms with van der Waals surface area (Å²) >= 11 is 0. The molecule has 2 aromatic carbocycles. The van der Waals surface area contributed by atoms with Gasteiger partial charge in [0.15, 0.2) is 0 Å². The van der Waals surface area contributed by atoms with E-state index in [2.05, 4.69) is 5.10 Å². The molecule has 1 aliphatic rings. The molecule has 1 aliphatic heterocycles. The molecule has 9 nitrogen and oxygen atoms in total. The average Bonchev–Trinajstić information content (AvgIpc) is 3.35. The predicted molar refractivity (Wildman–Crippen MR) is 125 cm³/mol. The number of benzene rings is 2. The number of hydrogen-bond acceptors (Lipinski definition) is 7. The molecule has 4 rings (SSSR count). The number of hydrogen-bond donors (Lipinski definition) is 2. The molecule has 0 unspecified atom stereocenters. The molecular formula is C23H20BN3O6. The topological polar surface area (TPSA) is 129 Å². The van der Waals surface area contributed by atoms with Crippen LogP contribution < -0.4 is 10.5 Å². The van der Waals surface area contributed by atoms with Gasteiger partial charge in [-0.05, 0) is 73.8 Å². The van der Waals surface area contributed by atoms with Crippen LogP contribution in [0.5, 0.6) is 0 Å². The maximum Gasteiger partial charge on any atom is 0.488 e. The number of aryl methyl sites for hydroxylation is 2. The average molecular weight is 445 g/mol. The minimum atomic E-state index is -1.60. The molecule has 1 amide bonds. The SMILES string of the molecule is CC1=NN(c2ccc(B(O)O)cc2)C(=O)C1=Cc1ccc(-c2cc(C)c(C)cc2[N+](=O)[O-])o1. The van der Waals surface area contributed by atoms with E-state index in [4.69, 9.17) is 4.42 Å². The van der Waals surface area contributed by atoms with Crippen LogP contribution in [0.3, 0.4) is 0 Å². The molecule has 0 spiro atoms. The van der Waals surface area contributed by atoms with Crippen molar-refractivity contribution in [3.05, 3.63) is 81.1 Å². The molecule has 0 saturated carbocycles. The fourth-order valence-corrected chi connectivity index (χ4v) is 3.51. The molecule has 0 aliphatic carbocycles. The number of carbonyl (C=O) groups excluding carboxylic acids is 1. The Bertz CT molecular complexity index is 1320. The van der Waals surface area contributed by atoms with Crippen molar-refractivity contribution in [2.24, 2.45) is 5.10 Å². The quantitative estimate of drug-likeness (QED) is 0.269. The first kappa shape index (κ1) is 22.2. The highest BCUT2D eigenvalue weighted by Gasteiger charge is 2.29. The first-order valence-corrected chi connectivity index (χ1v) is 10.1. The molecule has 33 heavy (non-hydrogen) atoms. The Morgan fingerprint density at radius 3 is 2.36 bits per heavy atom. The summed E-state index contributed by atoms with van der Waals surface area (Å²) in [4.78, 5) is 24.0. The van der Waals surface area contributed by atoms with Crippen molar-refractivity contribution in [1.29, 1.82) is 0 Å². The van der Waals surface area contributed by atoms with Crippen molar-refractivity contribution < 1.29 is 24.2 Å². The third-order valence-corrected chi connectivity index (χ3v) is 5.49. The first-order valence-electron chi connectivity index (χ1n) is 10.1. The largest absolute Gasteiger partial charge is 0.488 e. The predicted octanol–water partition coefficient (Wildman–Crippen LogP) is 2.96. The lowest BCUT2D eigenvalue weighted by Crippen LogP contribution is -2.30. The molecule has 3 aromatic rings. The minimum absolute atomic E-state index is 0.0519. The summed E-state index contributed by atoms with van der Waals surface area (Å²) in [6.45, 7) is 5.37. The highest BCUT2D eigenvalue weighted by molar-refractivity contribution is 6.58. The van der Waals surface area contributed by atoms with Crippen LogP contribution in [0, 0.1) is 24.0 Å². The number of amides is 1. The molecule has 0 radical (unpaired) electrons. The molecule has 0 fully saturated rings. The number of anilines is 1. The van der Waals surface area contributed by atoms with Gasteiger partial charge in [-0.25, -0.2) is 0 Å². The van der Waals surface area contributed by atoms with E-state index < -0.39 is 12.0 Å². The monoisotopic (exact) mass is 445 g/mol. The first-order chi connectivity index (χ1) is 15.7. The standard InChI is InChI=1S/C23H20BN3O6/c1-13-10-20(21(27(31)32)11-14(13)2)22-9-8-18(33-22)12-19-15(3)25-26(23(19)28)17-6-4-16(5-7-17)24(29)30/h4-12,29-30H,1-3H3. The number of hydrazone groups is 1. The number of rotatable bonds is 5. The Labute approximate surface area is 189 Å². The van der Waals surface area contributed by atoms with Crippen LogP contribution in [-0.4, -0.2) is 33.7 Å². The normalized spacial score (nSPS) is 14.7. The zero-order valence-electron chi connectivity index (χ0n) is 18.1. The summed E-state index contributed by atoms with van der Waals surface area (Å²) in [5.74, 6) is 0.308. The third-order valence-electron chi connectivity index (χ3n) is 5.49. The van der Waals surface area contributed by atoms with Crippen LogP contribution in [0.2, 0.25) is 0 Å². The van der Waals surface area contributed by atoms with Crippen molar-refractivity contribution in [2.75, 3.05) is 5.01 Å². The summed E-state index contributed by atoms with van der Waals surface area (Å²) in [7, 11) is -1.60. The minimum Gasteiger partial charge on any atom is -0.456 e. The summed E-state index contributed by atoms with van der Waals surface area (Å²) in [6.07, 6.45) is 1.55. The van der Waals surface area contributed by atoms with Gasteiger partial charge in [0, 0.05) is 6.07 Å². The number of nitrogens with zero attached hydrogens (tertiary/aromatic N) is 3. The van der Waals surface area contributed by atoms with Crippen molar-refractivity contribution in [3.63, 3.8) is 0 Å². The Kier molecular flexibility index (Phi) is 5.71. The van der Waals surface area contributed by atoms with E-state index in [0.29, 0.717) is 39.5 Å². The van der Waals surface area contributed by atoms with Gasteiger partial charge in [0.2, 0.25) is 0 Å². The fourth-order valence-electron chi connectivity index (χ4n) is 3.51. The number of furan rings is 1. The van der Waals surface area contributed by atoms with Gasteiger partial charge in [-0.15, -0.1) is 0 Å². The molecule has 10 heteroatoms. The summed E-state index contributed by atoms with van der Waals surface area (Å²) < 4.78 is 5.83. The summed E-state index contributed by atoms with van der Waals surface area (Å²) in [5, 5.41) is 35.5. The third kappa shape index (κ3) is 4.21. The van der Waals surface area contributed by atoms with Crippen LogP contribution >= 0.6 is 0 Å². The van der Waals surface area contributed by atoms with Crippen LogP contribution in [0.25, 0.3) is 17.4 Å². The molecule has 2 heterocycles. The zero-order chi connectivity index (χ0) is 23.9. The van der Waals surface area contributed by atoms with Gasteiger partial charge < -0.3 is 14.5 Å². The molecular weight excluding hydrogens is 425 g/mol. The van der Waals surface area contributed by atoms with Crippen molar-refractivity contribution in [3.8, 4) is 11.3 Å². The van der Waals surface area contributed by atoms with Gasteiger partial charge >= 0.3 is 7.12 Å². The van der Waals surface area contributed by atoms with E-state index in [-0.39, 0.29) is 11.6 Å². The van der Waals surface area contributed by atoms with Crippen LogP contribution in [0.4, 0.5) is 11.4 Å². The smallest absolute Gasteiger partial charge is 0.456 e. The molecule has 0 saturated heterocycles. The number of nitro benzene ring substituents is 1. The molecule has 1 aromatic heterocycles. The van der Waals surface area contributed by atoms with Gasteiger partial charge in [-0.1, -0.05) is 12.1 Å². The maximum absolute atomic E-state index is 13.0. The Hall–Kier alpha value is -4.02. The van der Waals surface area contributed by atoms with Crippen molar-refractivity contribution >= 4 is 41.7 Å². The van der Waals surface area contributed by atoms with Gasteiger partial charge in [0.1, 0.15) is 11.5 Å². The lowest BCUT2D eigenvalue weighted by molar-refractivity contribution is -0.384. The lowest BCUT2D eigenvalue weighted by Gasteiger charge is -2.12. The van der Waals surface area contributed by atoms with E-state index in [1.807, 2.05) is 13.8 Å². The Morgan fingerprint density at radius 2 is 1.73 bits per heavy atom. The lowest BCUT2D eigenvalue weighted by atomic mass is 9.80. The van der Waals surface area contributed by atoms with Crippen molar-refractivity contribution in [2.45, 2.75) is 20.8 Å². The highest BCUT2D eigenvalue weighted by Crippen LogP contribution is 2.34. The zero-order valence-corrected chi connectivity index (χ0v) is 18.1. The fraction of sp³-hybridized carbons (Fsp3) is 0.130. The maximum atomic E-state index is 13.0. The van der Waals surface area contributed by atoms with E-state index >= 15 is 0 Å². The number of nitro groups is 1. The number of carbonyl (C=O) groups is 1. The summed E-state index contributed by atoms with van der Waals surface area (Å²) in [6, 6.07) is 12.6. The second-order valence-electron chi connectivity index (χ2n) is 7.74. The van der Waals surface area contributed by atoms with Gasteiger partial charge in [0.05, 0.1) is 27.5 Å². The van der Waals surface area contributed by atoms with E-state index in [1.165, 1.54) is 23.2 Å². The van der Waals surface area contributed by atoms with E-state index in [1.54, 1.807) is 43.3 Å². The van der Waals surface area contributed by atoms with Crippen LogP contribution in [0.15, 0.2) is 63.6 Å². The molecule has 0 bridgehead atoms. The molecule has 166 valence electrons. The van der Waals surface area contributed by atoms with Gasteiger partial charge in [0.25, 0.3) is 11.6 Å². The highest BCUT2D eigenvalue weighted by atomic mass is 16.6. The second kappa shape index (κ2) is 8.49. The van der Waals surface area contributed by atoms with E-state index in [9.17, 15) is 25.0 Å². The summed E-state index contributed by atoms with van der Waals surface area (Å²) in [5.41, 5.74) is 3.58. The Morgan fingerprint density at radius 1 is 1.06 bits per heavy atom. The van der Waals surface area contributed by atoms with Crippen LogP contribution in [0.1, 0.15) is 23.8 Å². The van der Waals surface area contributed by atoms with Gasteiger partial charge in [-0.2, -0.15) is 10.1 Å².